The average molecular weight is 423 g/mol. The van der Waals surface area contributed by atoms with Crippen molar-refractivity contribution in [2.75, 3.05) is 32.4 Å². The Bertz CT molecular complexity index is 944. The molecular formula is C18H25N5O5S. The second-order valence-corrected chi connectivity index (χ2v) is 10.3. The highest BCUT2D eigenvalue weighted by Crippen LogP contribution is 2.46. The molecule has 3 fully saturated rings. The molecule has 11 heteroatoms. The van der Waals surface area contributed by atoms with Gasteiger partial charge in [-0.2, -0.15) is 0 Å². The minimum atomic E-state index is -3.14. The maximum Gasteiger partial charge on any atom is 0.311 e. The number of carboxylic acid groups (broad SMARTS) is 1. The summed E-state index contributed by atoms with van der Waals surface area (Å²) in [4.78, 5) is 25.1. The summed E-state index contributed by atoms with van der Waals surface area (Å²) >= 11 is 0. The molecule has 1 aliphatic carbocycles. The number of carbonyl (C=O) groups excluding carboxylic acids is 1. The van der Waals surface area contributed by atoms with Crippen molar-refractivity contribution in [2.45, 2.75) is 25.3 Å². The number of sulfonamides is 1. The third-order valence-electron chi connectivity index (χ3n) is 6.17. The molecule has 158 valence electrons. The van der Waals surface area contributed by atoms with E-state index < -0.39 is 27.8 Å². The zero-order valence-corrected chi connectivity index (χ0v) is 17.1. The van der Waals surface area contributed by atoms with Gasteiger partial charge in [-0.15, -0.1) is 5.10 Å². The summed E-state index contributed by atoms with van der Waals surface area (Å²) in [5.41, 5.74) is 1.37. The molecule has 4 rings (SSSR count). The zero-order valence-electron chi connectivity index (χ0n) is 16.3. The predicted octanol–water partition coefficient (Wildman–Crippen LogP) is -0.238. The van der Waals surface area contributed by atoms with E-state index in [9.17, 15) is 18.0 Å². The molecule has 1 amide bonds. The monoisotopic (exact) mass is 423 g/mol. The molecule has 1 saturated carbocycles. The largest absolute Gasteiger partial charge is 0.481 e. The predicted molar refractivity (Wildman–Crippen MR) is 102 cm³/mol. The Labute approximate surface area is 169 Å². The summed E-state index contributed by atoms with van der Waals surface area (Å²) in [6.45, 7) is 6.48. The number of likely N-dealkylation sites (tertiary alicyclic amines) is 1. The second-order valence-electron chi connectivity index (χ2n) is 8.28. The van der Waals surface area contributed by atoms with Crippen LogP contribution in [0.2, 0.25) is 0 Å². The Balaban J connectivity index is 1.25. The lowest BCUT2D eigenvalue weighted by Crippen LogP contribution is -2.52. The number of piperidine rings is 1. The van der Waals surface area contributed by atoms with Gasteiger partial charge in [0.1, 0.15) is 0 Å². The van der Waals surface area contributed by atoms with E-state index in [4.69, 9.17) is 5.11 Å². The van der Waals surface area contributed by atoms with Crippen molar-refractivity contribution in [1.82, 2.24) is 24.2 Å². The van der Waals surface area contributed by atoms with E-state index in [1.54, 1.807) is 9.58 Å². The Hall–Kier alpha value is -2.27. The number of carbonyl (C=O) groups is 2. The van der Waals surface area contributed by atoms with Gasteiger partial charge in [0.2, 0.25) is 15.9 Å². The Morgan fingerprint density at radius 3 is 2.45 bits per heavy atom. The van der Waals surface area contributed by atoms with Crippen LogP contribution in [0.15, 0.2) is 18.3 Å². The van der Waals surface area contributed by atoms with E-state index in [1.807, 2.05) is 6.20 Å². The number of carboxylic acids is 1. The van der Waals surface area contributed by atoms with Crippen molar-refractivity contribution in [1.29, 1.82) is 0 Å². The van der Waals surface area contributed by atoms with E-state index in [1.165, 1.54) is 10.6 Å². The lowest BCUT2D eigenvalue weighted by Gasteiger charge is -2.39. The molecule has 1 aromatic rings. The molecule has 3 heterocycles. The van der Waals surface area contributed by atoms with E-state index in [-0.39, 0.29) is 17.7 Å². The Morgan fingerprint density at radius 2 is 1.90 bits per heavy atom. The highest BCUT2D eigenvalue weighted by molar-refractivity contribution is 7.88. The third kappa shape index (κ3) is 3.93. The van der Waals surface area contributed by atoms with Gasteiger partial charge in [-0.3, -0.25) is 14.3 Å². The maximum atomic E-state index is 12.3. The van der Waals surface area contributed by atoms with E-state index in [0.717, 1.165) is 18.5 Å². The summed E-state index contributed by atoms with van der Waals surface area (Å²) in [6, 6.07) is 0. The van der Waals surface area contributed by atoms with Crippen LogP contribution in [0.4, 0.5) is 0 Å². The van der Waals surface area contributed by atoms with Crippen LogP contribution in [-0.4, -0.2) is 82.0 Å². The molecule has 0 spiro atoms. The van der Waals surface area contributed by atoms with Crippen LogP contribution >= 0.6 is 0 Å². The van der Waals surface area contributed by atoms with Crippen LogP contribution in [-0.2, 0) is 26.2 Å². The quantitative estimate of drug-likeness (QED) is 0.626. The molecule has 0 bridgehead atoms. The van der Waals surface area contributed by atoms with E-state index in [0.29, 0.717) is 38.3 Å². The molecule has 10 nitrogen and oxygen atoms in total. The van der Waals surface area contributed by atoms with Crippen LogP contribution in [0.25, 0.3) is 0 Å². The topological polar surface area (TPSA) is 126 Å². The number of amides is 1. The molecule has 1 aromatic heterocycles. The minimum absolute atomic E-state index is 0.143. The SMILES string of the molecule is C=C1[C@H](C(=O)O)[C@H]1C(=O)N1CC(Cn2cc(C3CCN(S(C)(=O)=O)CC3)nn2)C1. The van der Waals surface area contributed by atoms with Gasteiger partial charge in [0.15, 0.2) is 0 Å². The lowest BCUT2D eigenvalue weighted by atomic mass is 9.95. The minimum Gasteiger partial charge on any atom is -0.481 e. The fourth-order valence-electron chi connectivity index (χ4n) is 4.32. The smallest absolute Gasteiger partial charge is 0.311 e. The van der Waals surface area contributed by atoms with Crippen LogP contribution in [0, 0.1) is 17.8 Å². The van der Waals surface area contributed by atoms with Crippen molar-refractivity contribution in [3.05, 3.63) is 24.0 Å². The summed E-state index contributed by atoms with van der Waals surface area (Å²) in [5, 5.41) is 17.5. The van der Waals surface area contributed by atoms with Crippen LogP contribution in [0.3, 0.4) is 0 Å². The Kier molecular flexibility index (Phi) is 4.97. The standard InChI is InChI=1S/C18H25N5O5S/c1-11-15(16(11)18(25)26)17(24)21-7-12(8-21)9-22-10-14(19-20-22)13-3-5-23(6-4-13)29(2,27)28/h10,12-13,15-16H,1,3-9H2,2H3,(H,25,26)/t15-,16-/m0/s1. The molecule has 0 aromatic carbocycles. The zero-order chi connectivity index (χ0) is 20.9. The number of rotatable bonds is 6. The van der Waals surface area contributed by atoms with Crippen molar-refractivity contribution in [2.24, 2.45) is 17.8 Å². The third-order valence-corrected chi connectivity index (χ3v) is 7.47. The van der Waals surface area contributed by atoms with Gasteiger partial charge in [0, 0.05) is 50.8 Å². The summed E-state index contributed by atoms with van der Waals surface area (Å²) < 4.78 is 26.5. The highest BCUT2D eigenvalue weighted by Gasteiger charge is 2.55. The highest BCUT2D eigenvalue weighted by atomic mass is 32.2. The van der Waals surface area contributed by atoms with Crippen molar-refractivity contribution >= 4 is 21.9 Å². The number of aromatic nitrogens is 3. The summed E-state index contributed by atoms with van der Waals surface area (Å²) in [7, 11) is -3.14. The van der Waals surface area contributed by atoms with E-state index in [2.05, 4.69) is 16.9 Å². The molecule has 0 radical (unpaired) electrons. The van der Waals surface area contributed by atoms with Crippen LogP contribution in [0.1, 0.15) is 24.5 Å². The maximum absolute atomic E-state index is 12.3. The lowest BCUT2D eigenvalue weighted by molar-refractivity contribution is -0.144. The van der Waals surface area contributed by atoms with E-state index >= 15 is 0 Å². The first-order chi connectivity index (χ1) is 13.6. The molecular weight excluding hydrogens is 398 g/mol. The number of hydrogen-bond acceptors (Lipinski definition) is 6. The molecule has 1 N–H and O–H groups in total. The molecule has 0 unspecified atom stereocenters. The normalized spacial score (nSPS) is 26.4. The van der Waals surface area contributed by atoms with Gasteiger partial charge in [-0.05, 0) is 18.4 Å². The van der Waals surface area contributed by atoms with Crippen molar-refractivity contribution < 1.29 is 23.1 Å². The number of hydrogen-bond donors (Lipinski definition) is 1. The van der Waals surface area contributed by atoms with Crippen molar-refractivity contribution in [3.63, 3.8) is 0 Å². The fraction of sp³-hybridized carbons (Fsp3) is 0.667. The van der Waals surface area contributed by atoms with Crippen molar-refractivity contribution in [3.8, 4) is 0 Å². The number of aliphatic carboxylic acids is 1. The summed E-state index contributed by atoms with van der Waals surface area (Å²) in [6.07, 6.45) is 4.60. The Morgan fingerprint density at radius 1 is 1.24 bits per heavy atom. The molecule has 2 atom stereocenters. The summed E-state index contributed by atoms with van der Waals surface area (Å²) in [5.74, 6) is -1.96. The number of nitrogens with zero attached hydrogens (tertiary/aromatic N) is 5. The van der Waals surface area contributed by atoms with Gasteiger partial charge in [-0.1, -0.05) is 11.8 Å². The first kappa shape index (κ1) is 20.0. The first-order valence-electron chi connectivity index (χ1n) is 9.70. The molecule has 2 saturated heterocycles. The van der Waals surface area contributed by atoms with Gasteiger partial charge in [0.25, 0.3) is 0 Å². The molecule has 3 aliphatic rings. The van der Waals surface area contributed by atoms with Crippen LogP contribution < -0.4 is 0 Å². The molecule has 29 heavy (non-hydrogen) atoms. The van der Waals surface area contributed by atoms with Gasteiger partial charge in [-0.25, -0.2) is 12.7 Å². The fourth-order valence-corrected chi connectivity index (χ4v) is 5.19. The first-order valence-corrected chi connectivity index (χ1v) is 11.6. The molecule has 2 aliphatic heterocycles. The van der Waals surface area contributed by atoms with Gasteiger partial charge < -0.3 is 10.0 Å². The van der Waals surface area contributed by atoms with Gasteiger partial charge in [0.05, 0.1) is 23.8 Å². The van der Waals surface area contributed by atoms with Crippen LogP contribution in [0.5, 0.6) is 0 Å². The van der Waals surface area contributed by atoms with Gasteiger partial charge >= 0.3 is 5.97 Å². The average Bonchev–Trinajstić information content (AvgIpc) is 3.08. The second kappa shape index (κ2) is 7.21.